The lowest BCUT2D eigenvalue weighted by molar-refractivity contribution is 0.660. The summed E-state index contributed by atoms with van der Waals surface area (Å²) in [4.78, 5) is 2.36. The molecular formula is C51H33NO3. The normalized spacial score (nSPS) is 13.4. The first kappa shape index (κ1) is 30.4. The number of hydrogen-bond donors (Lipinski definition) is 0. The van der Waals surface area contributed by atoms with E-state index in [0.29, 0.717) is 0 Å². The van der Waals surface area contributed by atoms with Crippen molar-refractivity contribution in [1.29, 1.82) is 0 Å². The molecule has 0 radical (unpaired) electrons. The molecule has 0 N–H and O–H groups in total. The van der Waals surface area contributed by atoms with E-state index in [1.165, 1.54) is 22.3 Å². The van der Waals surface area contributed by atoms with Crippen molar-refractivity contribution in [2.24, 2.45) is 0 Å². The summed E-state index contributed by atoms with van der Waals surface area (Å²) >= 11 is 0. The number of para-hydroxylation sites is 2. The van der Waals surface area contributed by atoms with Crippen LogP contribution in [0.4, 0.5) is 17.1 Å². The number of fused-ring (bicyclic) bond motifs is 12. The summed E-state index contributed by atoms with van der Waals surface area (Å²) in [5.74, 6) is 0. The van der Waals surface area contributed by atoms with Crippen molar-refractivity contribution >= 4 is 82.9 Å². The predicted octanol–water partition coefficient (Wildman–Crippen LogP) is 14.8. The molecule has 0 atom stereocenters. The molecule has 260 valence electrons. The van der Waals surface area contributed by atoms with Crippen LogP contribution in [0.1, 0.15) is 25.0 Å². The number of hydrogen-bond acceptors (Lipinski definition) is 4. The van der Waals surface area contributed by atoms with Crippen LogP contribution in [0.5, 0.6) is 0 Å². The van der Waals surface area contributed by atoms with Crippen LogP contribution in [0, 0.1) is 0 Å². The third-order valence-corrected chi connectivity index (χ3v) is 11.9. The fourth-order valence-electron chi connectivity index (χ4n) is 9.22. The number of anilines is 3. The van der Waals surface area contributed by atoms with E-state index in [1.54, 1.807) is 0 Å². The summed E-state index contributed by atoms with van der Waals surface area (Å²) in [7, 11) is 0. The molecule has 3 heterocycles. The zero-order valence-corrected chi connectivity index (χ0v) is 30.3. The van der Waals surface area contributed by atoms with E-state index in [4.69, 9.17) is 13.3 Å². The van der Waals surface area contributed by atoms with Gasteiger partial charge in [0.05, 0.1) is 16.8 Å². The van der Waals surface area contributed by atoms with E-state index < -0.39 is 0 Å². The summed E-state index contributed by atoms with van der Waals surface area (Å²) in [5.41, 5.74) is 15.4. The summed E-state index contributed by atoms with van der Waals surface area (Å²) in [5, 5.41) is 6.29. The van der Waals surface area contributed by atoms with Gasteiger partial charge in [-0.1, -0.05) is 117 Å². The SMILES string of the molecule is CC1(C)c2ccccc2-c2ccc(N(c3cccc4c3oc3ccccc34)c3cccc4oc5cc6c(cc5c34)oc3cc(-c4ccccc4)ccc36)cc21. The van der Waals surface area contributed by atoms with Crippen LogP contribution in [0.25, 0.3) is 88.1 Å². The third-order valence-electron chi connectivity index (χ3n) is 11.9. The van der Waals surface area contributed by atoms with Gasteiger partial charge in [0, 0.05) is 38.0 Å². The van der Waals surface area contributed by atoms with Crippen molar-refractivity contribution in [2.45, 2.75) is 19.3 Å². The Bertz CT molecular complexity index is 3360. The Balaban J connectivity index is 1.12. The molecule has 0 bridgehead atoms. The zero-order chi connectivity index (χ0) is 36.4. The molecule has 0 amide bonds. The van der Waals surface area contributed by atoms with Gasteiger partial charge >= 0.3 is 0 Å². The zero-order valence-electron chi connectivity index (χ0n) is 30.3. The van der Waals surface area contributed by atoms with Gasteiger partial charge in [0.2, 0.25) is 0 Å². The third kappa shape index (κ3) is 4.28. The van der Waals surface area contributed by atoms with Crippen molar-refractivity contribution in [3.8, 4) is 22.3 Å². The minimum Gasteiger partial charge on any atom is -0.456 e. The number of rotatable bonds is 4. The molecule has 0 aliphatic heterocycles. The van der Waals surface area contributed by atoms with Crippen LogP contribution in [-0.2, 0) is 5.41 Å². The highest BCUT2D eigenvalue weighted by atomic mass is 16.3. The summed E-state index contributed by atoms with van der Waals surface area (Å²) in [6.45, 7) is 4.66. The molecule has 55 heavy (non-hydrogen) atoms. The molecule has 1 aliphatic rings. The Hall–Kier alpha value is -7.04. The lowest BCUT2D eigenvalue weighted by atomic mass is 9.82. The van der Waals surface area contributed by atoms with Crippen LogP contribution >= 0.6 is 0 Å². The summed E-state index contributed by atoms with van der Waals surface area (Å²) in [6.07, 6.45) is 0. The molecule has 0 fully saturated rings. The van der Waals surface area contributed by atoms with E-state index >= 15 is 0 Å². The maximum absolute atomic E-state index is 6.73. The minimum atomic E-state index is -0.166. The first-order chi connectivity index (χ1) is 27.0. The Kier molecular flexibility index (Phi) is 6.09. The first-order valence-electron chi connectivity index (χ1n) is 18.8. The average Bonchev–Trinajstić information content (AvgIpc) is 3.96. The van der Waals surface area contributed by atoms with Crippen LogP contribution in [-0.4, -0.2) is 0 Å². The van der Waals surface area contributed by atoms with Gasteiger partial charge in [-0.25, -0.2) is 0 Å². The maximum atomic E-state index is 6.73. The van der Waals surface area contributed by atoms with Gasteiger partial charge < -0.3 is 18.2 Å². The molecule has 8 aromatic carbocycles. The number of nitrogens with zero attached hydrogens (tertiary/aromatic N) is 1. The average molecular weight is 708 g/mol. The smallest absolute Gasteiger partial charge is 0.159 e. The number of benzene rings is 8. The highest BCUT2D eigenvalue weighted by Crippen LogP contribution is 2.52. The van der Waals surface area contributed by atoms with Crippen molar-refractivity contribution in [2.75, 3.05) is 4.90 Å². The maximum Gasteiger partial charge on any atom is 0.159 e. The lowest BCUT2D eigenvalue weighted by Crippen LogP contribution is -2.16. The first-order valence-corrected chi connectivity index (χ1v) is 18.8. The van der Waals surface area contributed by atoms with E-state index in [0.717, 1.165) is 94.0 Å². The molecular weight excluding hydrogens is 675 g/mol. The molecule has 0 saturated heterocycles. The molecule has 3 aromatic heterocycles. The highest BCUT2D eigenvalue weighted by molar-refractivity contribution is 6.20. The van der Waals surface area contributed by atoms with Gasteiger partial charge in [0.25, 0.3) is 0 Å². The van der Waals surface area contributed by atoms with E-state index in [-0.39, 0.29) is 5.41 Å². The Morgan fingerprint density at radius 2 is 1.07 bits per heavy atom. The van der Waals surface area contributed by atoms with Crippen molar-refractivity contribution in [3.05, 3.63) is 175 Å². The van der Waals surface area contributed by atoms with Crippen molar-refractivity contribution in [1.82, 2.24) is 0 Å². The van der Waals surface area contributed by atoms with Gasteiger partial charge in [-0.3, -0.25) is 0 Å². The summed E-state index contributed by atoms with van der Waals surface area (Å²) in [6, 6.07) is 58.0. The minimum absolute atomic E-state index is 0.166. The van der Waals surface area contributed by atoms with E-state index in [1.807, 2.05) is 18.2 Å². The largest absolute Gasteiger partial charge is 0.456 e. The van der Waals surface area contributed by atoms with Crippen LogP contribution in [0.3, 0.4) is 0 Å². The summed E-state index contributed by atoms with van der Waals surface area (Å²) < 4.78 is 20.1. The topological polar surface area (TPSA) is 42.7 Å². The Morgan fingerprint density at radius 3 is 2.00 bits per heavy atom. The predicted molar refractivity (Wildman–Crippen MR) is 226 cm³/mol. The standard InChI is InChI=1S/C51H33NO3/c1-51(2)40-17-8-6-14-33(40)34-25-23-32(27-41(34)51)52(43-19-10-16-37-35-15-7-9-20-44(35)55-50(37)43)42-18-11-21-45-49(42)39-29-47-38(28-48(39)53-45)36-24-22-31(26-46(36)54-47)30-12-4-3-5-13-30/h3-29H,1-2H3. The van der Waals surface area contributed by atoms with Crippen LogP contribution in [0.15, 0.2) is 177 Å². The molecule has 0 unspecified atom stereocenters. The van der Waals surface area contributed by atoms with Gasteiger partial charge in [0.1, 0.15) is 27.9 Å². The van der Waals surface area contributed by atoms with Gasteiger partial charge in [0.15, 0.2) is 5.58 Å². The van der Waals surface area contributed by atoms with Crippen LogP contribution in [0.2, 0.25) is 0 Å². The fourth-order valence-corrected chi connectivity index (χ4v) is 9.22. The van der Waals surface area contributed by atoms with Crippen LogP contribution < -0.4 is 4.90 Å². The van der Waals surface area contributed by atoms with E-state index in [9.17, 15) is 0 Å². The van der Waals surface area contributed by atoms with E-state index in [2.05, 4.69) is 164 Å². The van der Waals surface area contributed by atoms with Gasteiger partial charge in [-0.05, 0) is 94.0 Å². The highest BCUT2D eigenvalue weighted by Gasteiger charge is 2.36. The lowest BCUT2D eigenvalue weighted by Gasteiger charge is -2.28. The Labute approximate surface area is 316 Å². The van der Waals surface area contributed by atoms with Gasteiger partial charge in [-0.15, -0.1) is 0 Å². The quantitative estimate of drug-likeness (QED) is 0.183. The fraction of sp³-hybridized carbons (Fsp3) is 0.0588. The second-order valence-corrected chi connectivity index (χ2v) is 15.3. The monoisotopic (exact) mass is 707 g/mol. The Morgan fingerprint density at radius 1 is 0.400 bits per heavy atom. The second kappa shape index (κ2) is 11.0. The molecule has 4 nitrogen and oxygen atoms in total. The van der Waals surface area contributed by atoms with Crippen molar-refractivity contribution in [3.63, 3.8) is 0 Å². The molecule has 12 rings (SSSR count). The second-order valence-electron chi connectivity index (χ2n) is 15.3. The van der Waals surface area contributed by atoms with Gasteiger partial charge in [-0.2, -0.15) is 0 Å². The molecule has 1 aliphatic carbocycles. The molecule has 0 saturated carbocycles. The molecule has 0 spiro atoms. The molecule has 11 aromatic rings. The number of furan rings is 3. The van der Waals surface area contributed by atoms with Crippen molar-refractivity contribution < 1.29 is 13.3 Å². The molecule has 4 heteroatoms.